The van der Waals surface area contributed by atoms with Crippen molar-refractivity contribution in [3.8, 4) is 0 Å². The van der Waals surface area contributed by atoms with E-state index in [2.05, 4.69) is 10.6 Å². The van der Waals surface area contributed by atoms with Gasteiger partial charge in [-0.1, -0.05) is 6.92 Å². The molecule has 2 aliphatic rings. The van der Waals surface area contributed by atoms with Crippen LogP contribution in [0.15, 0.2) is 0 Å². The van der Waals surface area contributed by atoms with Gasteiger partial charge in [0.15, 0.2) is 0 Å². The Kier molecular flexibility index (Phi) is 5.59. The lowest BCUT2D eigenvalue weighted by molar-refractivity contribution is -0.126. The minimum Gasteiger partial charge on any atom is -0.379 e. The van der Waals surface area contributed by atoms with Crippen LogP contribution in [0.4, 0.5) is 0 Å². The first kappa shape index (κ1) is 16.7. The topological polar surface area (TPSA) is 87.7 Å². The van der Waals surface area contributed by atoms with Crippen LogP contribution in [0.3, 0.4) is 0 Å². The number of likely N-dealkylation sites (N-methyl/N-ethyl adjacent to an activating group) is 1. The lowest BCUT2D eigenvalue weighted by Gasteiger charge is -2.31. The maximum absolute atomic E-state index is 12.3. The molecule has 1 amide bonds. The van der Waals surface area contributed by atoms with Gasteiger partial charge < -0.3 is 15.4 Å². The summed E-state index contributed by atoms with van der Waals surface area (Å²) >= 11 is 0. The van der Waals surface area contributed by atoms with Crippen molar-refractivity contribution < 1.29 is 17.9 Å². The second-order valence-electron chi connectivity index (χ2n) is 5.75. The first-order valence-electron chi connectivity index (χ1n) is 7.48. The van der Waals surface area contributed by atoms with Crippen LogP contribution in [-0.4, -0.2) is 69.8 Å². The molecule has 2 fully saturated rings. The molecule has 0 spiro atoms. The van der Waals surface area contributed by atoms with E-state index in [1.165, 1.54) is 10.6 Å². The Balaban J connectivity index is 1.82. The second-order valence-corrected chi connectivity index (χ2v) is 7.74. The molecule has 0 bridgehead atoms. The van der Waals surface area contributed by atoms with Gasteiger partial charge in [-0.05, 0) is 19.4 Å². The Morgan fingerprint density at radius 1 is 1.29 bits per heavy atom. The number of amides is 1. The highest BCUT2D eigenvalue weighted by Gasteiger charge is 2.35. The van der Waals surface area contributed by atoms with Crippen molar-refractivity contribution in [2.45, 2.75) is 31.8 Å². The van der Waals surface area contributed by atoms with E-state index < -0.39 is 10.0 Å². The number of carbonyl (C=O) groups excluding carboxylic acids is 1. The quantitative estimate of drug-likeness (QED) is 0.689. The van der Waals surface area contributed by atoms with Crippen molar-refractivity contribution in [3.05, 3.63) is 0 Å². The summed E-state index contributed by atoms with van der Waals surface area (Å²) in [5, 5.41) is 6.31. The number of sulfonamides is 1. The lowest BCUT2D eigenvalue weighted by Crippen LogP contribution is -2.50. The fourth-order valence-corrected chi connectivity index (χ4v) is 3.79. The van der Waals surface area contributed by atoms with E-state index in [4.69, 9.17) is 4.74 Å². The van der Waals surface area contributed by atoms with E-state index in [1.54, 1.807) is 0 Å². The van der Waals surface area contributed by atoms with E-state index in [1.807, 2.05) is 6.92 Å². The third-order valence-electron chi connectivity index (χ3n) is 4.15. The van der Waals surface area contributed by atoms with Crippen LogP contribution in [0.5, 0.6) is 0 Å². The van der Waals surface area contributed by atoms with Crippen LogP contribution in [-0.2, 0) is 19.6 Å². The van der Waals surface area contributed by atoms with Crippen LogP contribution in [0.1, 0.15) is 19.8 Å². The molecule has 2 atom stereocenters. The molecule has 2 saturated heterocycles. The largest absolute Gasteiger partial charge is 0.379 e. The van der Waals surface area contributed by atoms with E-state index in [-0.39, 0.29) is 23.9 Å². The second kappa shape index (κ2) is 7.04. The Bertz CT molecular complexity index is 460. The van der Waals surface area contributed by atoms with Gasteiger partial charge in [-0.15, -0.1) is 0 Å². The number of nitrogens with one attached hydrogen (secondary N) is 2. The predicted octanol–water partition coefficient (Wildman–Crippen LogP) is -0.849. The number of hydrogen-bond donors (Lipinski definition) is 2. The molecule has 122 valence electrons. The SMILES string of the molecule is CCNC1COCC1C(=O)NC1CCN(S(C)(=O)=O)CC1. The van der Waals surface area contributed by atoms with Gasteiger partial charge in [-0.25, -0.2) is 12.7 Å². The Morgan fingerprint density at radius 3 is 2.52 bits per heavy atom. The zero-order valence-electron chi connectivity index (χ0n) is 12.7. The van der Waals surface area contributed by atoms with Crippen LogP contribution in [0, 0.1) is 5.92 Å². The molecule has 0 aromatic rings. The third-order valence-corrected chi connectivity index (χ3v) is 5.46. The Labute approximate surface area is 126 Å². The summed E-state index contributed by atoms with van der Waals surface area (Å²) in [7, 11) is -3.12. The first-order chi connectivity index (χ1) is 9.91. The molecule has 0 aromatic carbocycles. The normalized spacial score (nSPS) is 28.7. The monoisotopic (exact) mass is 319 g/mol. The molecule has 21 heavy (non-hydrogen) atoms. The molecule has 8 heteroatoms. The molecule has 0 saturated carbocycles. The van der Waals surface area contributed by atoms with Gasteiger partial charge >= 0.3 is 0 Å². The smallest absolute Gasteiger partial charge is 0.227 e. The lowest BCUT2D eigenvalue weighted by atomic mass is 10.0. The van der Waals surface area contributed by atoms with E-state index >= 15 is 0 Å². The summed E-state index contributed by atoms with van der Waals surface area (Å²) in [4.78, 5) is 12.3. The summed E-state index contributed by atoms with van der Waals surface area (Å²) in [5.41, 5.74) is 0. The molecular weight excluding hydrogens is 294 g/mol. The molecule has 0 aromatic heterocycles. The van der Waals surface area contributed by atoms with Gasteiger partial charge in [-0.2, -0.15) is 0 Å². The number of ether oxygens (including phenoxy) is 1. The molecule has 2 heterocycles. The Morgan fingerprint density at radius 2 is 1.95 bits per heavy atom. The third kappa shape index (κ3) is 4.38. The number of nitrogens with zero attached hydrogens (tertiary/aromatic N) is 1. The minimum atomic E-state index is -3.12. The van der Waals surface area contributed by atoms with Crippen molar-refractivity contribution >= 4 is 15.9 Å². The number of rotatable bonds is 5. The molecule has 7 nitrogen and oxygen atoms in total. The van der Waals surface area contributed by atoms with Gasteiger partial charge in [-0.3, -0.25) is 4.79 Å². The van der Waals surface area contributed by atoms with Gasteiger partial charge in [0.05, 0.1) is 25.4 Å². The van der Waals surface area contributed by atoms with Crippen LogP contribution >= 0.6 is 0 Å². The standard InChI is InChI=1S/C13H25N3O4S/c1-3-14-12-9-20-8-11(12)13(17)15-10-4-6-16(7-5-10)21(2,18)19/h10-12,14H,3-9H2,1-2H3,(H,15,17). The van der Waals surface area contributed by atoms with Gasteiger partial charge in [0.25, 0.3) is 0 Å². The van der Waals surface area contributed by atoms with Gasteiger partial charge in [0, 0.05) is 25.2 Å². The average molecular weight is 319 g/mol. The highest BCUT2D eigenvalue weighted by molar-refractivity contribution is 7.88. The zero-order valence-corrected chi connectivity index (χ0v) is 13.5. The van der Waals surface area contributed by atoms with Gasteiger partial charge in [0.1, 0.15) is 0 Å². The number of hydrogen-bond acceptors (Lipinski definition) is 5. The maximum atomic E-state index is 12.3. The van der Waals surface area contributed by atoms with Crippen molar-refractivity contribution in [2.24, 2.45) is 5.92 Å². The zero-order chi connectivity index (χ0) is 15.5. The summed E-state index contributed by atoms with van der Waals surface area (Å²) in [5.74, 6) is -0.144. The fourth-order valence-electron chi connectivity index (χ4n) is 2.92. The summed E-state index contributed by atoms with van der Waals surface area (Å²) < 4.78 is 29.8. The fraction of sp³-hybridized carbons (Fsp3) is 0.923. The molecule has 2 N–H and O–H groups in total. The van der Waals surface area contributed by atoms with Crippen molar-refractivity contribution in [2.75, 3.05) is 39.1 Å². The summed E-state index contributed by atoms with van der Waals surface area (Å²) in [6, 6.07) is 0.129. The van der Waals surface area contributed by atoms with E-state index in [0.29, 0.717) is 39.1 Å². The first-order valence-corrected chi connectivity index (χ1v) is 9.33. The molecule has 0 aliphatic carbocycles. The number of carbonyl (C=O) groups is 1. The van der Waals surface area contributed by atoms with Crippen molar-refractivity contribution in [1.82, 2.24) is 14.9 Å². The molecule has 0 radical (unpaired) electrons. The predicted molar refractivity (Wildman–Crippen MR) is 79.4 cm³/mol. The van der Waals surface area contributed by atoms with Crippen LogP contribution < -0.4 is 10.6 Å². The average Bonchev–Trinajstić information content (AvgIpc) is 2.87. The van der Waals surface area contributed by atoms with Gasteiger partial charge in [0.2, 0.25) is 15.9 Å². The Hall–Kier alpha value is -0.700. The highest BCUT2D eigenvalue weighted by Crippen LogP contribution is 2.17. The van der Waals surface area contributed by atoms with Crippen molar-refractivity contribution in [3.63, 3.8) is 0 Å². The number of piperidine rings is 1. The van der Waals surface area contributed by atoms with E-state index in [0.717, 1.165) is 6.54 Å². The minimum absolute atomic E-state index is 0.0104. The molecule has 2 unspecified atom stereocenters. The highest BCUT2D eigenvalue weighted by atomic mass is 32.2. The van der Waals surface area contributed by atoms with Crippen molar-refractivity contribution in [1.29, 1.82) is 0 Å². The van der Waals surface area contributed by atoms with Crippen LogP contribution in [0.2, 0.25) is 0 Å². The molecule has 2 rings (SSSR count). The molecular formula is C13H25N3O4S. The van der Waals surface area contributed by atoms with E-state index in [9.17, 15) is 13.2 Å². The summed E-state index contributed by atoms with van der Waals surface area (Å²) in [6.07, 6.45) is 2.55. The van der Waals surface area contributed by atoms with Crippen LogP contribution in [0.25, 0.3) is 0 Å². The summed E-state index contributed by atoms with van der Waals surface area (Å²) in [6.45, 7) is 4.78. The molecule has 2 aliphatic heterocycles. The maximum Gasteiger partial charge on any atom is 0.227 e.